The molecule has 156 valence electrons. The zero-order valence-corrected chi connectivity index (χ0v) is 18.1. The van der Waals surface area contributed by atoms with Crippen LogP contribution in [0.5, 0.6) is 0 Å². The molecule has 0 saturated carbocycles. The van der Waals surface area contributed by atoms with Crippen molar-refractivity contribution in [2.24, 2.45) is 0 Å². The topological polar surface area (TPSA) is 71.8 Å². The van der Waals surface area contributed by atoms with Crippen LogP contribution >= 0.6 is 23.4 Å². The van der Waals surface area contributed by atoms with Crippen molar-refractivity contribution < 1.29 is 9.18 Å². The summed E-state index contributed by atoms with van der Waals surface area (Å²) in [5.74, 6) is 0.282. The van der Waals surface area contributed by atoms with Gasteiger partial charge < -0.3 is 10.7 Å². The summed E-state index contributed by atoms with van der Waals surface area (Å²) < 4.78 is 15.3. The summed E-state index contributed by atoms with van der Waals surface area (Å²) in [6.45, 7) is 3.92. The molecule has 2 atom stereocenters. The van der Waals surface area contributed by atoms with E-state index in [-0.39, 0.29) is 11.7 Å². The smallest absolute Gasteiger partial charge is 0.240 e. The maximum Gasteiger partial charge on any atom is 0.240 e. The number of hydrogen-bond acceptors (Lipinski definition) is 5. The minimum Gasteiger partial charge on any atom is -0.325 e. The van der Waals surface area contributed by atoms with Gasteiger partial charge in [0, 0.05) is 17.1 Å². The Hall–Kier alpha value is -2.58. The van der Waals surface area contributed by atoms with Crippen LogP contribution in [0.3, 0.4) is 0 Å². The number of benzene rings is 2. The Bertz CT molecular complexity index is 1070. The quantitative estimate of drug-likeness (QED) is 0.594. The molecule has 4 rings (SSSR count). The van der Waals surface area contributed by atoms with E-state index in [1.165, 1.54) is 23.9 Å². The zero-order valence-electron chi connectivity index (χ0n) is 16.5. The molecule has 1 amide bonds. The lowest BCUT2D eigenvalue weighted by Crippen LogP contribution is -2.41. The molecule has 30 heavy (non-hydrogen) atoms. The highest BCUT2D eigenvalue weighted by molar-refractivity contribution is 8.00. The average Bonchev–Trinajstić information content (AvgIpc) is 3.13. The van der Waals surface area contributed by atoms with Crippen LogP contribution in [0.4, 0.5) is 10.1 Å². The number of aromatic nitrogens is 3. The van der Waals surface area contributed by atoms with E-state index in [0.29, 0.717) is 15.9 Å². The number of hydrogen-bond donors (Lipinski definition) is 2. The van der Waals surface area contributed by atoms with Gasteiger partial charge in [0.25, 0.3) is 0 Å². The van der Waals surface area contributed by atoms with Gasteiger partial charge in [0.05, 0.1) is 6.04 Å². The number of anilines is 1. The average molecular weight is 446 g/mol. The molecule has 0 fully saturated rings. The molecule has 2 heterocycles. The number of carbonyl (C=O) groups excluding carboxylic acids is 1. The molecule has 3 aromatic rings. The molecule has 0 aliphatic carbocycles. The first-order chi connectivity index (χ1) is 14.5. The van der Waals surface area contributed by atoms with Gasteiger partial charge >= 0.3 is 0 Å². The number of nitrogens with zero attached hydrogens (tertiary/aromatic N) is 3. The van der Waals surface area contributed by atoms with E-state index < -0.39 is 11.3 Å². The molecular formula is C21H21ClFN5OS. The molecule has 2 aromatic carbocycles. The van der Waals surface area contributed by atoms with Gasteiger partial charge in [0.2, 0.25) is 11.1 Å². The minimum atomic E-state index is -0.542. The second-order valence-electron chi connectivity index (χ2n) is 7.08. The fourth-order valence-electron chi connectivity index (χ4n) is 3.35. The Balaban J connectivity index is 1.68. The molecule has 1 aromatic heterocycles. The van der Waals surface area contributed by atoms with Gasteiger partial charge in [-0.15, -0.1) is 10.2 Å². The van der Waals surface area contributed by atoms with Gasteiger partial charge in [-0.3, -0.25) is 4.79 Å². The van der Waals surface area contributed by atoms with Crippen molar-refractivity contribution in [2.75, 3.05) is 10.7 Å². The van der Waals surface area contributed by atoms with Crippen LogP contribution in [-0.4, -0.2) is 26.0 Å². The summed E-state index contributed by atoms with van der Waals surface area (Å²) in [6.07, 6.45) is 1.68. The van der Waals surface area contributed by atoms with E-state index in [0.717, 1.165) is 29.8 Å². The highest BCUT2D eigenvalue weighted by Crippen LogP contribution is 2.38. The summed E-state index contributed by atoms with van der Waals surface area (Å²) in [4.78, 5) is 13.3. The molecule has 0 unspecified atom stereocenters. The number of rotatable bonds is 5. The van der Waals surface area contributed by atoms with Crippen LogP contribution in [0.15, 0.2) is 47.6 Å². The van der Waals surface area contributed by atoms with Crippen LogP contribution in [0.1, 0.15) is 36.3 Å². The van der Waals surface area contributed by atoms with Gasteiger partial charge in [-0.2, -0.15) is 0 Å². The number of fused-ring (bicyclic) bond motifs is 1. The first-order valence-electron chi connectivity index (χ1n) is 9.67. The SMILES string of the molecule is CCCc1nnc2n1N[C@@H](c1ccc(F)cc1)[C@@H](C(=O)Nc1cccc(Cl)c1C)S2. The molecular weight excluding hydrogens is 425 g/mol. The third kappa shape index (κ3) is 4.02. The second-order valence-corrected chi connectivity index (χ2v) is 8.60. The van der Waals surface area contributed by atoms with Crippen molar-refractivity contribution in [1.29, 1.82) is 0 Å². The van der Waals surface area contributed by atoms with Gasteiger partial charge in [-0.25, -0.2) is 9.07 Å². The lowest BCUT2D eigenvalue weighted by atomic mass is 10.0. The first kappa shape index (κ1) is 20.7. The van der Waals surface area contributed by atoms with E-state index in [4.69, 9.17) is 11.6 Å². The summed E-state index contributed by atoms with van der Waals surface area (Å²) in [5, 5.41) is 12.1. The number of nitrogens with one attached hydrogen (secondary N) is 2. The van der Waals surface area contributed by atoms with Crippen LogP contribution in [0.25, 0.3) is 0 Å². The van der Waals surface area contributed by atoms with Crippen molar-refractivity contribution in [3.05, 3.63) is 70.3 Å². The minimum absolute atomic E-state index is 0.196. The number of halogens is 2. The van der Waals surface area contributed by atoms with Crippen molar-refractivity contribution in [3.8, 4) is 0 Å². The van der Waals surface area contributed by atoms with E-state index in [1.54, 1.807) is 24.3 Å². The van der Waals surface area contributed by atoms with Gasteiger partial charge in [-0.05, 0) is 48.7 Å². The predicted octanol–water partition coefficient (Wildman–Crippen LogP) is 4.73. The number of aryl methyl sites for hydroxylation is 1. The second kappa shape index (κ2) is 8.65. The Morgan fingerprint density at radius 1 is 1.27 bits per heavy atom. The normalized spacial score (nSPS) is 17.9. The number of amides is 1. The van der Waals surface area contributed by atoms with E-state index in [1.807, 2.05) is 17.7 Å². The Kier molecular flexibility index (Phi) is 5.97. The summed E-state index contributed by atoms with van der Waals surface area (Å²) in [5.41, 5.74) is 5.63. The van der Waals surface area contributed by atoms with Crippen LogP contribution < -0.4 is 10.7 Å². The van der Waals surface area contributed by atoms with Crippen LogP contribution in [-0.2, 0) is 11.2 Å². The Morgan fingerprint density at radius 3 is 2.77 bits per heavy atom. The maximum atomic E-state index is 13.5. The van der Waals surface area contributed by atoms with Gasteiger partial charge in [0.1, 0.15) is 11.1 Å². The monoisotopic (exact) mass is 445 g/mol. The van der Waals surface area contributed by atoms with Gasteiger partial charge in [-0.1, -0.05) is 48.5 Å². The van der Waals surface area contributed by atoms with Crippen LogP contribution in [0.2, 0.25) is 5.02 Å². The largest absolute Gasteiger partial charge is 0.325 e. The summed E-state index contributed by atoms with van der Waals surface area (Å²) in [6, 6.07) is 11.2. The number of thioether (sulfide) groups is 1. The molecule has 1 aliphatic rings. The highest BCUT2D eigenvalue weighted by atomic mass is 35.5. The van der Waals surface area contributed by atoms with Gasteiger partial charge in [0.15, 0.2) is 5.82 Å². The molecule has 0 bridgehead atoms. The van der Waals surface area contributed by atoms with E-state index in [2.05, 4.69) is 27.9 Å². The molecule has 9 heteroatoms. The lowest BCUT2D eigenvalue weighted by molar-refractivity contribution is -0.116. The highest BCUT2D eigenvalue weighted by Gasteiger charge is 2.38. The molecule has 2 N–H and O–H groups in total. The molecule has 0 spiro atoms. The lowest BCUT2D eigenvalue weighted by Gasteiger charge is -2.33. The Labute approximate surface area is 183 Å². The standard InChI is InChI=1S/C21H21ClFN5OS/c1-3-5-17-25-26-21-28(17)27-18(13-8-10-14(23)11-9-13)19(30-21)20(29)24-16-7-4-6-15(22)12(16)2/h4,6-11,18-19,27H,3,5H2,1-2H3,(H,24,29)/t18-,19-/m0/s1. The molecule has 0 radical (unpaired) electrons. The fourth-order valence-corrected chi connectivity index (χ4v) is 4.62. The molecule has 0 saturated heterocycles. The summed E-state index contributed by atoms with van der Waals surface area (Å²) in [7, 11) is 0. The van der Waals surface area contributed by atoms with E-state index >= 15 is 0 Å². The van der Waals surface area contributed by atoms with Crippen molar-refractivity contribution in [3.63, 3.8) is 0 Å². The third-order valence-electron chi connectivity index (χ3n) is 4.99. The summed E-state index contributed by atoms with van der Waals surface area (Å²) >= 11 is 7.53. The fraction of sp³-hybridized carbons (Fsp3) is 0.286. The zero-order chi connectivity index (χ0) is 21.3. The van der Waals surface area contributed by atoms with E-state index in [9.17, 15) is 9.18 Å². The Morgan fingerprint density at radius 2 is 2.03 bits per heavy atom. The molecule has 6 nitrogen and oxygen atoms in total. The predicted molar refractivity (Wildman–Crippen MR) is 117 cm³/mol. The molecule has 1 aliphatic heterocycles. The first-order valence-corrected chi connectivity index (χ1v) is 10.9. The van der Waals surface area contributed by atoms with Crippen LogP contribution in [0, 0.1) is 12.7 Å². The van der Waals surface area contributed by atoms with Crippen molar-refractivity contribution >= 4 is 35.0 Å². The number of carbonyl (C=O) groups is 1. The maximum absolute atomic E-state index is 13.5. The van der Waals surface area contributed by atoms with Crippen molar-refractivity contribution in [1.82, 2.24) is 14.9 Å². The third-order valence-corrected chi connectivity index (χ3v) is 6.62. The van der Waals surface area contributed by atoms with Crippen molar-refractivity contribution in [2.45, 2.75) is 43.1 Å².